The topological polar surface area (TPSA) is 165 Å². The van der Waals surface area contributed by atoms with E-state index in [0.29, 0.717) is 57.4 Å². The normalized spacial score (nSPS) is 22.9. The summed E-state index contributed by atoms with van der Waals surface area (Å²) in [6, 6.07) is 23.6. The Hall–Kier alpha value is -3.82. The van der Waals surface area contributed by atoms with Crippen LogP contribution >= 0.6 is 7.14 Å². The van der Waals surface area contributed by atoms with E-state index in [2.05, 4.69) is 16.0 Å². The number of carboxylic acid groups (broad SMARTS) is 3. The zero-order valence-electron chi connectivity index (χ0n) is 30.4. The highest BCUT2D eigenvalue weighted by atomic mass is 31.2. The maximum absolute atomic E-state index is 15.4. The van der Waals surface area contributed by atoms with Crippen LogP contribution < -0.4 is 16.0 Å². The number of nitrogens with one attached hydrogen (secondary N) is 3. The Bertz CT molecular complexity index is 1580. The van der Waals surface area contributed by atoms with Crippen LogP contribution in [0.5, 0.6) is 0 Å². The molecule has 3 fully saturated rings. The van der Waals surface area contributed by atoms with Crippen molar-refractivity contribution < 1.29 is 34.3 Å². The smallest absolute Gasteiger partial charge is 0.307 e. The molecule has 3 aliphatic heterocycles. The van der Waals surface area contributed by atoms with Crippen molar-refractivity contribution in [3.63, 3.8) is 0 Å². The second kappa shape index (κ2) is 18.0. The van der Waals surface area contributed by atoms with Crippen molar-refractivity contribution >= 4 is 25.0 Å². The van der Waals surface area contributed by atoms with Gasteiger partial charge in [-0.3, -0.25) is 14.4 Å². The minimum atomic E-state index is -3.05. The van der Waals surface area contributed by atoms with Crippen molar-refractivity contribution in [1.29, 1.82) is 0 Å². The molecule has 0 spiro atoms. The van der Waals surface area contributed by atoms with E-state index in [-0.39, 0.29) is 17.8 Å². The maximum Gasteiger partial charge on any atom is 0.307 e. The molecule has 3 aromatic rings. The van der Waals surface area contributed by atoms with Gasteiger partial charge in [-0.25, -0.2) is 0 Å². The first-order chi connectivity index (χ1) is 25.5. The van der Waals surface area contributed by atoms with Gasteiger partial charge in [-0.1, -0.05) is 72.8 Å². The van der Waals surface area contributed by atoms with Crippen molar-refractivity contribution in [3.8, 4) is 0 Å². The molecule has 3 saturated heterocycles. The van der Waals surface area contributed by atoms with Gasteiger partial charge in [-0.15, -0.1) is 0 Å². The van der Waals surface area contributed by atoms with E-state index < -0.39 is 42.8 Å². The molecule has 0 saturated carbocycles. The summed E-state index contributed by atoms with van der Waals surface area (Å²) in [6.07, 6.45) is 4.67. The molecule has 0 amide bonds. The van der Waals surface area contributed by atoms with Gasteiger partial charge in [0.2, 0.25) is 0 Å². The monoisotopic (exact) mass is 743 g/mol. The third-order valence-corrected chi connectivity index (χ3v) is 14.5. The highest BCUT2D eigenvalue weighted by Gasteiger charge is 2.33. The summed E-state index contributed by atoms with van der Waals surface area (Å²) in [5, 5.41) is 40.1. The second-order valence-corrected chi connectivity index (χ2v) is 18.8. The highest BCUT2D eigenvalue weighted by molar-refractivity contribution is 7.61. The van der Waals surface area contributed by atoms with Crippen LogP contribution in [0.2, 0.25) is 0 Å². The Labute approximate surface area is 312 Å². The van der Waals surface area contributed by atoms with E-state index in [0.717, 1.165) is 72.3 Å². The van der Waals surface area contributed by atoms with E-state index in [1.165, 1.54) is 0 Å². The predicted octanol–water partition coefficient (Wildman–Crippen LogP) is 5.51. The fourth-order valence-corrected chi connectivity index (χ4v) is 11.8. The van der Waals surface area contributed by atoms with Gasteiger partial charge in [0, 0.05) is 18.5 Å². The van der Waals surface area contributed by atoms with Gasteiger partial charge in [0.1, 0.15) is 7.14 Å². The average molecular weight is 744 g/mol. The quantitative estimate of drug-likeness (QED) is 0.0916. The number of rotatable bonds is 18. The fraction of sp³-hybridized carbons (Fsp3) is 0.500. The predicted molar refractivity (Wildman–Crippen MR) is 205 cm³/mol. The van der Waals surface area contributed by atoms with Crippen LogP contribution in [-0.2, 0) is 56.7 Å². The van der Waals surface area contributed by atoms with Gasteiger partial charge < -0.3 is 35.8 Å². The lowest BCUT2D eigenvalue weighted by Crippen LogP contribution is -2.27. The number of aliphatic carboxylic acids is 3. The van der Waals surface area contributed by atoms with Crippen molar-refractivity contribution in [1.82, 2.24) is 16.0 Å². The lowest BCUT2D eigenvalue weighted by molar-refractivity contribution is -0.144. The maximum atomic E-state index is 15.4. The summed E-state index contributed by atoms with van der Waals surface area (Å²) in [5.41, 5.74) is 5.43. The van der Waals surface area contributed by atoms with Gasteiger partial charge in [0.15, 0.2) is 0 Å². The van der Waals surface area contributed by atoms with E-state index in [4.69, 9.17) is 0 Å². The van der Waals surface area contributed by atoms with Crippen LogP contribution in [0, 0.1) is 35.5 Å². The standard InChI is InChI=1S/C42H54N3O7P/c46-40(47)37(34-10-13-43-22-34)19-28-4-1-7-31(16-28)25-53(52,26-32-8-2-5-29(17-32)20-38(41(48)49)35-11-14-44-23-35)27-33-9-3-6-30(18-33)21-39(42(50)51)36-12-15-45-24-36/h1-9,16-18,34-39,43-45H,10-15,19-27H2,(H,46,47)(H,48,49)(H,50,51). The van der Waals surface area contributed by atoms with Crippen molar-refractivity contribution in [2.24, 2.45) is 35.5 Å². The van der Waals surface area contributed by atoms with Crippen LogP contribution in [0.1, 0.15) is 52.6 Å². The number of carbonyl (C=O) groups is 3. The Morgan fingerprint density at radius 2 is 0.811 bits per heavy atom. The molecule has 6 atom stereocenters. The first-order valence-electron chi connectivity index (χ1n) is 19.2. The lowest BCUT2D eigenvalue weighted by Gasteiger charge is -2.23. The van der Waals surface area contributed by atoms with Crippen LogP contribution in [-0.4, -0.2) is 72.5 Å². The van der Waals surface area contributed by atoms with Crippen molar-refractivity contribution in [2.75, 3.05) is 39.3 Å². The molecule has 10 nitrogen and oxygen atoms in total. The van der Waals surface area contributed by atoms with Gasteiger partial charge in [0.25, 0.3) is 0 Å². The Morgan fingerprint density at radius 3 is 1.06 bits per heavy atom. The molecule has 3 aliphatic rings. The number of carboxylic acids is 3. The molecule has 3 aromatic carbocycles. The molecule has 0 aliphatic carbocycles. The second-order valence-electron chi connectivity index (χ2n) is 15.7. The molecule has 3 heterocycles. The van der Waals surface area contributed by atoms with E-state index >= 15 is 4.57 Å². The lowest BCUT2D eigenvalue weighted by atomic mass is 9.86. The summed E-state index contributed by atoms with van der Waals surface area (Å²) >= 11 is 0. The third kappa shape index (κ3) is 10.7. The Kier molecular flexibility index (Phi) is 13.2. The summed E-state index contributed by atoms with van der Waals surface area (Å²) in [6.45, 7) is 4.55. The largest absolute Gasteiger partial charge is 0.481 e. The van der Waals surface area contributed by atoms with E-state index in [1.807, 2.05) is 72.8 Å². The van der Waals surface area contributed by atoms with Crippen LogP contribution in [0.15, 0.2) is 72.8 Å². The van der Waals surface area contributed by atoms with Crippen LogP contribution in [0.25, 0.3) is 0 Å². The summed E-state index contributed by atoms with van der Waals surface area (Å²) in [5.74, 6) is -3.67. The first kappa shape index (κ1) is 38.9. The number of benzene rings is 3. The minimum Gasteiger partial charge on any atom is -0.481 e. The molecule has 284 valence electrons. The zero-order chi connectivity index (χ0) is 37.4. The van der Waals surface area contributed by atoms with Gasteiger partial charge >= 0.3 is 17.9 Å². The van der Waals surface area contributed by atoms with Gasteiger partial charge in [-0.05, 0) is 129 Å². The number of hydrogen-bond donors (Lipinski definition) is 6. The average Bonchev–Trinajstić information content (AvgIpc) is 3.94. The third-order valence-electron chi connectivity index (χ3n) is 11.7. The molecule has 0 radical (unpaired) electrons. The molecule has 6 rings (SSSR count). The van der Waals surface area contributed by atoms with E-state index in [9.17, 15) is 29.7 Å². The van der Waals surface area contributed by atoms with Gasteiger partial charge in [0.05, 0.1) is 17.8 Å². The van der Waals surface area contributed by atoms with Crippen LogP contribution in [0.4, 0.5) is 0 Å². The first-order valence-corrected chi connectivity index (χ1v) is 21.4. The zero-order valence-corrected chi connectivity index (χ0v) is 31.3. The molecular weight excluding hydrogens is 689 g/mol. The Morgan fingerprint density at radius 1 is 0.528 bits per heavy atom. The molecule has 53 heavy (non-hydrogen) atoms. The van der Waals surface area contributed by atoms with Crippen molar-refractivity contribution in [2.45, 2.75) is 57.0 Å². The summed E-state index contributed by atoms with van der Waals surface area (Å²) in [4.78, 5) is 36.8. The van der Waals surface area contributed by atoms with Gasteiger partial charge in [-0.2, -0.15) is 0 Å². The fourth-order valence-electron chi connectivity index (χ4n) is 8.92. The van der Waals surface area contributed by atoms with E-state index in [1.54, 1.807) is 0 Å². The van der Waals surface area contributed by atoms with Crippen LogP contribution in [0.3, 0.4) is 0 Å². The molecule has 11 heteroatoms. The Balaban J connectivity index is 1.26. The number of hydrogen-bond acceptors (Lipinski definition) is 7. The summed E-state index contributed by atoms with van der Waals surface area (Å²) in [7, 11) is -3.05. The minimum absolute atomic E-state index is 0.0677. The van der Waals surface area contributed by atoms with Crippen molar-refractivity contribution in [3.05, 3.63) is 106 Å². The molecule has 6 N–H and O–H groups in total. The molecule has 6 unspecified atom stereocenters. The molecule has 0 aromatic heterocycles. The highest BCUT2D eigenvalue weighted by Crippen LogP contribution is 2.55. The summed E-state index contributed by atoms with van der Waals surface area (Å²) < 4.78 is 15.4. The molecular formula is C42H54N3O7P. The molecule has 0 bridgehead atoms. The SMILES string of the molecule is O=C(O)C(Cc1cccc(CP(=O)(Cc2cccc(CC(C(=O)O)C3CCNC3)c2)Cc2cccc(CC(C(=O)O)C3CCNC3)c2)c1)C1CCNC1.